The molecule has 0 saturated carbocycles. The van der Waals surface area contributed by atoms with E-state index in [0.29, 0.717) is 16.7 Å². The zero-order valence-corrected chi connectivity index (χ0v) is 26.9. The Hall–Kier alpha value is -7.59. The Morgan fingerprint density at radius 2 is 1.14 bits per heavy atom. The molecule has 0 spiro atoms. The van der Waals surface area contributed by atoms with E-state index >= 15 is 0 Å². The molecule has 0 saturated heterocycles. The molecule has 234 valence electrons. The second-order valence-electron chi connectivity index (χ2n) is 12.6. The van der Waals surface area contributed by atoms with Gasteiger partial charge in [-0.05, 0) is 65.7 Å². The van der Waals surface area contributed by atoms with Crippen LogP contribution >= 0.6 is 0 Å². The maximum atomic E-state index is 10.7. The minimum absolute atomic E-state index is 0.478. The summed E-state index contributed by atoms with van der Waals surface area (Å²) in [7, 11) is 0. The lowest BCUT2D eigenvalue weighted by atomic mass is 9.98. The zero-order valence-electron chi connectivity index (χ0n) is 26.9. The molecule has 0 unspecified atom stereocenters. The third kappa shape index (κ3) is 3.89. The van der Waals surface area contributed by atoms with E-state index in [9.17, 15) is 15.8 Å². The molecule has 0 fully saturated rings. The predicted molar refractivity (Wildman–Crippen MR) is 202 cm³/mol. The van der Waals surface area contributed by atoms with Gasteiger partial charge in [-0.25, -0.2) is 0 Å². The summed E-state index contributed by atoms with van der Waals surface area (Å²) >= 11 is 0. The Balaban J connectivity index is 1.46. The summed E-state index contributed by atoms with van der Waals surface area (Å²) in [5.74, 6) is 0. The normalized spacial score (nSPS) is 11.5. The van der Waals surface area contributed by atoms with Crippen LogP contribution in [0.4, 0.5) is 0 Å². The highest BCUT2D eigenvalue weighted by Gasteiger charge is 2.28. The molecule has 7 aromatic carbocycles. The van der Waals surface area contributed by atoms with E-state index in [0.717, 1.165) is 88.1 Å². The second kappa shape index (κ2) is 10.7. The summed E-state index contributed by atoms with van der Waals surface area (Å²) in [6.45, 7) is 0. The molecular weight excluding hydrogens is 627 g/mol. The standard InChI is InChI=1S/C45H23N5O/c46-24-27-10-9-12-31(22-27)49-37-17-6-4-15-34(37)41-43(49)40-33-14-3-7-18-38(33)50(44(40)42-35-16-5-8-19-39(35)51-45(41)42)36-21-20-28(23-30(36)26-48)32-13-2-1-11-29(32)25-47/h1-23H. The van der Waals surface area contributed by atoms with Crippen molar-refractivity contribution in [1.82, 2.24) is 9.13 Å². The van der Waals surface area contributed by atoms with Gasteiger partial charge in [0, 0.05) is 27.2 Å². The summed E-state index contributed by atoms with van der Waals surface area (Å²) in [6.07, 6.45) is 0. The molecule has 3 aromatic heterocycles. The lowest BCUT2D eigenvalue weighted by Crippen LogP contribution is -1.99. The van der Waals surface area contributed by atoms with Crippen LogP contribution in [-0.4, -0.2) is 9.13 Å². The van der Waals surface area contributed by atoms with E-state index in [2.05, 4.69) is 57.7 Å². The van der Waals surface area contributed by atoms with Crippen LogP contribution in [0.15, 0.2) is 144 Å². The summed E-state index contributed by atoms with van der Waals surface area (Å²) in [5, 5.41) is 36.5. The number of hydrogen-bond acceptors (Lipinski definition) is 4. The van der Waals surface area contributed by atoms with Crippen molar-refractivity contribution in [2.45, 2.75) is 0 Å². The summed E-state index contributed by atoms with van der Waals surface area (Å²) in [6, 6.07) is 52.8. The first kappa shape index (κ1) is 28.4. The number of rotatable bonds is 3. The van der Waals surface area contributed by atoms with E-state index in [1.807, 2.05) is 103 Å². The third-order valence-electron chi connectivity index (χ3n) is 10.00. The van der Waals surface area contributed by atoms with Crippen LogP contribution in [-0.2, 0) is 0 Å². The fourth-order valence-electron chi connectivity index (χ4n) is 7.93. The van der Waals surface area contributed by atoms with E-state index in [1.165, 1.54) is 0 Å². The fourth-order valence-corrected chi connectivity index (χ4v) is 7.93. The van der Waals surface area contributed by atoms with Crippen molar-refractivity contribution in [2.24, 2.45) is 0 Å². The highest BCUT2D eigenvalue weighted by Crippen LogP contribution is 2.49. The summed E-state index contributed by atoms with van der Waals surface area (Å²) in [5.41, 5.74) is 10.1. The van der Waals surface area contributed by atoms with Gasteiger partial charge in [0.05, 0.1) is 67.4 Å². The number of hydrogen-bond donors (Lipinski definition) is 0. The first-order chi connectivity index (χ1) is 25.2. The number of nitrogens with zero attached hydrogens (tertiary/aromatic N) is 5. The average molecular weight is 650 g/mol. The third-order valence-corrected chi connectivity index (χ3v) is 10.00. The molecule has 0 N–H and O–H groups in total. The molecule has 0 aliphatic carbocycles. The van der Waals surface area contributed by atoms with Crippen LogP contribution in [0, 0.1) is 34.0 Å². The van der Waals surface area contributed by atoms with E-state index in [1.54, 1.807) is 6.07 Å². The number of fused-ring (bicyclic) bond motifs is 12. The molecule has 0 atom stereocenters. The molecule has 0 radical (unpaired) electrons. The molecule has 0 bridgehead atoms. The molecule has 10 aromatic rings. The van der Waals surface area contributed by atoms with Gasteiger partial charge in [-0.3, -0.25) is 0 Å². The van der Waals surface area contributed by atoms with Crippen LogP contribution in [0.1, 0.15) is 16.7 Å². The average Bonchev–Trinajstić information content (AvgIpc) is 3.85. The van der Waals surface area contributed by atoms with Gasteiger partial charge in [0.25, 0.3) is 0 Å². The molecule has 0 amide bonds. The molecule has 0 aliphatic heterocycles. The number of benzene rings is 7. The van der Waals surface area contributed by atoms with Crippen LogP contribution in [0.25, 0.3) is 88.1 Å². The van der Waals surface area contributed by atoms with Crippen molar-refractivity contribution >= 4 is 65.6 Å². The van der Waals surface area contributed by atoms with Gasteiger partial charge in [-0.2, -0.15) is 15.8 Å². The topological polar surface area (TPSA) is 94.4 Å². The van der Waals surface area contributed by atoms with Crippen molar-refractivity contribution in [3.63, 3.8) is 0 Å². The second-order valence-corrected chi connectivity index (χ2v) is 12.6. The smallest absolute Gasteiger partial charge is 0.147 e. The Morgan fingerprint density at radius 3 is 1.92 bits per heavy atom. The number of nitriles is 3. The Labute approximate surface area is 291 Å². The minimum Gasteiger partial charge on any atom is -0.455 e. The Kier molecular flexibility index (Phi) is 5.97. The molecule has 10 rings (SSSR count). The monoisotopic (exact) mass is 649 g/mol. The van der Waals surface area contributed by atoms with Crippen LogP contribution in [0.3, 0.4) is 0 Å². The predicted octanol–water partition coefficient (Wildman–Crippen LogP) is 11.1. The lowest BCUT2D eigenvalue weighted by Gasteiger charge is -2.14. The largest absolute Gasteiger partial charge is 0.455 e. The lowest BCUT2D eigenvalue weighted by molar-refractivity contribution is 0.673. The first-order valence-electron chi connectivity index (χ1n) is 16.5. The number of furan rings is 1. The van der Waals surface area contributed by atoms with Gasteiger partial charge in [0.15, 0.2) is 0 Å². The maximum Gasteiger partial charge on any atom is 0.147 e. The van der Waals surface area contributed by atoms with Gasteiger partial charge in [0.2, 0.25) is 0 Å². The maximum absolute atomic E-state index is 10.7. The van der Waals surface area contributed by atoms with E-state index < -0.39 is 0 Å². The summed E-state index contributed by atoms with van der Waals surface area (Å²) in [4.78, 5) is 0. The van der Waals surface area contributed by atoms with Crippen molar-refractivity contribution in [3.05, 3.63) is 156 Å². The molecule has 6 nitrogen and oxygen atoms in total. The highest BCUT2D eigenvalue weighted by atomic mass is 16.3. The fraction of sp³-hybridized carbons (Fsp3) is 0. The van der Waals surface area contributed by atoms with Gasteiger partial charge in [-0.1, -0.05) is 84.9 Å². The van der Waals surface area contributed by atoms with Crippen molar-refractivity contribution in [2.75, 3.05) is 0 Å². The number of para-hydroxylation sites is 3. The van der Waals surface area contributed by atoms with Crippen molar-refractivity contribution < 1.29 is 4.42 Å². The SMILES string of the molecule is N#Cc1cccc(-n2c3ccccc3c3c4oc5ccccc5c4c4c(c5ccccc5n4-c4ccc(-c5ccccc5C#N)cc4C#N)c32)c1. The van der Waals surface area contributed by atoms with Crippen molar-refractivity contribution in [1.29, 1.82) is 15.8 Å². The number of aromatic nitrogens is 2. The van der Waals surface area contributed by atoms with Crippen LogP contribution in [0.5, 0.6) is 0 Å². The Morgan fingerprint density at radius 1 is 0.490 bits per heavy atom. The van der Waals surface area contributed by atoms with E-state index in [-0.39, 0.29) is 0 Å². The van der Waals surface area contributed by atoms with Gasteiger partial charge < -0.3 is 13.6 Å². The summed E-state index contributed by atoms with van der Waals surface area (Å²) < 4.78 is 11.3. The zero-order chi connectivity index (χ0) is 34.2. The van der Waals surface area contributed by atoms with E-state index in [4.69, 9.17) is 4.42 Å². The Bertz CT molecular complexity index is 3240. The van der Waals surface area contributed by atoms with Crippen molar-refractivity contribution in [3.8, 4) is 40.7 Å². The quantitative estimate of drug-likeness (QED) is 0.190. The van der Waals surface area contributed by atoms with Gasteiger partial charge >= 0.3 is 0 Å². The molecule has 6 heteroatoms. The molecule has 51 heavy (non-hydrogen) atoms. The molecular formula is C45H23N5O. The highest BCUT2D eigenvalue weighted by molar-refractivity contribution is 6.39. The molecule has 3 heterocycles. The van der Waals surface area contributed by atoms with Gasteiger partial charge in [0.1, 0.15) is 17.2 Å². The van der Waals surface area contributed by atoms with Crippen LogP contribution < -0.4 is 0 Å². The first-order valence-corrected chi connectivity index (χ1v) is 16.5. The minimum atomic E-state index is 0.478. The van der Waals surface area contributed by atoms with Crippen LogP contribution in [0.2, 0.25) is 0 Å². The molecule has 0 aliphatic rings. The van der Waals surface area contributed by atoms with Gasteiger partial charge in [-0.15, -0.1) is 0 Å².